The highest BCUT2D eigenvalue weighted by Gasteiger charge is 2.16. The number of anilines is 1. The highest BCUT2D eigenvalue weighted by Crippen LogP contribution is 2.30. The van der Waals surface area contributed by atoms with E-state index in [2.05, 4.69) is 15.5 Å². The SMILES string of the molecule is O=C(Nc1ccc([N+](=O)[O-])cc1O)c1cc(-c2ccc(Cl)cc2Cl)n[nH]1. The molecule has 0 saturated heterocycles. The first-order chi connectivity index (χ1) is 12.3. The number of nitrogens with zero attached hydrogens (tertiary/aromatic N) is 2. The third-order valence-electron chi connectivity index (χ3n) is 3.47. The third kappa shape index (κ3) is 3.61. The van der Waals surface area contributed by atoms with Crippen molar-refractivity contribution in [2.45, 2.75) is 0 Å². The lowest BCUT2D eigenvalue weighted by molar-refractivity contribution is -0.384. The Bertz CT molecular complexity index is 1020. The summed E-state index contributed by atoms with van der Waals surface area (Å²) in [6.45, 7) is 0. The van der Waals surface area contributed by atoms with E-state index in [1.54, 1.807) is 18.2 Å². The summed E-state index contributed by atoms with van der Waals surface area (Å²) in [4.78, 5) is 22.3. The van der Waals surface area contributed by atoms with E-state index in [-0.39, 0.29) is 17.1 Å². The van der Waals surface area contributed by atoms with Gasteiger partial charge < -0.3 is 10.4 Å². The fourth-order valence-electron chi connectivity index (χ4n) is 2.20. The van der Waals surface area contributed by atoms with Crippen molar-refractivity contribution in [2.24, 2.45) is 0 Å². The molecule has 0 bridgehead atoms. The maximum absolute atomic E-state index is 12.3. The number of nitro groups is 1. The molecule has 0 atom stereocenters. The molecule has 3 N–H and O–H groups in total. The van der Waals surface area contributed by atoms with Gasteiger partial charge >= 0.3 is 0 Å². The summed E-state index contributed by atoms with van der Waals surface area (Å²) in [5.41, 5.74) is 0.876. The number of aromatic amines is 1. The van der Waals surface area contributed by atoms with E-state index < -0.39 is 16.6 Å². The van der Waals surface area contributed by atoms with Crippen molar-refractivity contribution in [3.05, 3.63) is 68.3 Å². The predicted octanol–water partition coefficient (Wildman–Crippen LogP) is 4.25. The number of H-pyrrole nitrogens is 1. The van der Waals surface area contributed by atoms with Crippen LogP contribution in [0.15, 0.2) is 42.5 Å². The van der Waals surface area contributed by atoms with E-state index in [9.17, 15) is 20.0 Å². The zero-order valence-electron chi connectivity index (χ0n) is 12.9. The van der Waals surface area contributed by atoms with E-state index in [0.717, 1.165) is 6.07 Å². The molecule has 0 aliphatic carbocycles. The minimum atomic E-state index is -0.650. The normalized spacial score (nSPS) is 10.5. The minimum Gasteiger partial charge on any atom is -0.506 e. The Morgan fingerprint density at radius 1 is 1.19 bits per heavy atom. The molecule has 1 amide bonds. The topological polar surface area (TPSA) is 121 Å². The van der Waals surface area contributed by atoms with E-state index >= 15 is 0 Å². The van der Waals surface area contributed by atoms with Crippen LogP contribution in [-0.4, -0.2) is 26.1 Å². The van der Waals surface area contributed by atoms with Crippen molar-refractivity contribution < 1.29 is 14.8 Å². The van der Waals surface area contributed by atoms with Gasteiger partial charge in [-0.05, 0) is 30.3 Å². The van der Waals surface area contributed by atoms with Crippen LogP contribution in [0.25, 0.3) is 11.3 Å². The molecule has 3 aromatic rings. The molecule has 0 unspecified atom stereocenters. The smallest absolute Gasteiger partial charge is 0.273 e. The molecule has 0 spiro atoms. The number of rotatable bonds is 4. The Balaban J connectivity index is 1.81. The Morgan fingerprint density at radius 3 is 2.62 bits per heavy atom. The highest BCUT2D eigenvalue weighted by molar-refractivity contribution is 6.36. The maximum Gasteiger partial charge on any atom is 0.273 e. The Morgan fingerprint density at radius 2 is 1.96 bits per heavy atom. The van der Waals surface area contributed by atoms with E-state index in [4.69, 9.17) is 23.2 Å². The van der Waals surface area contributed by atoms with E-state index in [0.29, 0.717) is 21.3 Å². The van der Waals surface area contributed by atoms with Gasteiger partial charge in [0.25, 0.3) is 11.6 Å². The molecule has 0 aliphatic rings. The second-order valence-electron chi connectivity index (χ2n) is 5.20. The van der Waals surface area contributed by atoms with Crippen molar-refractivity contribution in [1.82, 2.24) is 10.2 Å². The Hall–Kier alpha value is -3.10. The lowest BCUT2D eigenvalue weighted by Gasteiger charge is -2.05. The van der Waals surface area contributed by atoms with Crippen LogP contribution in [0.1, 0.15) is 10.5 Å². The number of hydrogen-bond acceptors (Lipinski definition) is 5. The summed E-state index contributed by atoms with van der Waals surface area (Å²) in [5.74, 6) is -1.01. The molecule has 1 heterocycles. The quantitative estimate of drug-likeness (QED) is 0.348. The zero-order chi connectivity index (χ0) is 18.8. The number of amides is 1. The van der Waals surface area contributed by atoms with Crippen LogP contribution < -0.4 is 5.32 Å². The first-order valence-electron chi connectivity index (χ1n) is 7.15. The number of nitrogens with one attached hydrogen (secondary N) is 2. The standard InChI is InChI=1S/C16H10Cl2N4O4/c17-8-1-3-10(11(18)5-8)13-7-14(21-20-13)16(24)19-12-4-2-9(22(25)26)6-15(12)23/h1-7,23H,(H,19,24)(H,20,21). The number of aromatic nitrogens is 2. The molecule has 2 aromatic carbocycles. The molecule has 0 fully saturated rings. The zero-order valence-corrected chi connectivity index (χ0v) is 14.4. The first-order valence-corrected chi connectivity index (χ1v) is 7.90. The van der Waals surface area contributed by atoms with Gasteiger partial charge in [0.1, 0.15) is 11.4 Å². The average Bonchev–Trinajstić information content (AvgIpc) is 3.06. The number of aromatic hydroxyl groups is 1. The maximum atomic E-state index is 12.3. The summed E-state index contributed by atoms with van der Waals surface area (Å²) in [6.07, 6.45) is 0. The molecule has 26 heavy (non-hydrogen) atoms. The Kier molecular flexibility index (Phi) is 4.79. The summed E-state index contributed by atoms with van der Waals surface area (Å²) in [7, 11) is 0. The summed E-state index contributed by atoms with van der Waals surface area (Å²) in [5, 5.41) is 30.4. The van der Waals surface area contributed by atoms with Crippen LogP contribution in [0.3, 0.4) is 0 Å². The van der Waals surface area contributed by atoms with E-state index in [1.165, 1.54) is 18.2 Å². The largest absolute Gasteiger partial charge is 0.506 e. The van der Waals surface area contributed by atoms with Gasteiger partial charge in [0, 0.05) is 16.7 Å². The summed E-state index contributed by atoms with van der Waals surface area (Å²) in [6, 6.07) is 9.70. The number of phenols is 1. The third-order valence-corrected chi connectivity index (χ3v) is 4.02. The van der Waals surface area contributed by atoms with Crippen LogP contribution in [0, 0.1) is 10.1 Å². The van der Waals surface area contributed by atoms with Crippen molar-refractivity contribution in [2.75, 3.05) is 5.32 Å². The second-order valence-corrected chi connectivity index (χ2v) is 6.05. The second kappa shape index (κ2) is 7.03. The lowest BCUT2D eigenvalue weighted by atomic mass is 10.1. The number of nitro benzene ring substituents is 1. The van der Waals surface area contributed by atoms with Gasteiger partial charge in [-0.25, -0.2) is 0 Å². The minimum absolute atomic E-state index is 0.0290. The lowest BCUT2D eigenvalue weighted by Crippen LogP contribution is -2.12. The van der Waals surface area contributed by atoms with Crippen LogP contribution in [0.2, 0.25) is 10.0 Å². The Labute approximate surface area is 156 Å². The monoisotopic (exact) mass is 392 g/mol. The van der Waals surface area contributed by atoms with Gasteiger partial charge in [-0.3, -0.25) is 20.0 Å². The van der Waals surface area contributed by atoms with Crippen LogP contribution >= 0.6 is 23.2 Å². The number of hydrogen-bond donors (Lipinski definition) is 3. The summed E-state index contributed by atoms with van der Waals surface area (Å²) >= 11 is 12.0. The molecular weight excluding hydrogens is 383 g/mol. The van der Waals surface area contributed by atoms with Crippen molar-refractivity contribution in [3.63, 3.8) is 0 Å². The molecule has 1 aromatic heterocycles. The first kappa shape index (κ1) is 17.7. The van der Waals surface area contributed by atoms with Crippen molar-refractivity contribution in [3.8, 4) is 17.0 Å². The molecule has 0 aliphatic heterocycles. The van der Waals surface area contributed by atoms with Crippen LogP contribution in [0.5, 0.6) is 5.75 Å². The number of halogens is 2. The fraction of sp³-hybridized carbons (Fsp3) is 0. The molecular formula is C16H10Cl2N4O4. The van der Waals surface area contributed by atoms with Gasteiger partial charge in [-0.1, -0.05) is 23.2 Å². The van der Waals surface area contributed by atoms with Crippen LogP contribution in [-0.2, 0) is 0 Å². The highest BCUT2D eigenvalue weighted by atomic mass is 35.5. The molecule has 8 nitrogen and oxygen atoms in total. The molecule has 3 rings (SSSR count). The van der Waals surface area contributed by atoms with Gasteiger partial charge in [0.15, 0.2) is 0 Å². The number of phenolic OH excluding ortho intramolecular Hbond substituents is 1. The number of carbonyl (C=O) groups excluding carboxylic acids is 1. The van der Waals surface area contributed by atoms with Gasteiger partial charge in [-0.15, -0.1) is 0 Å². The van der Waals surface area contributed by atoms with Gasteiger partial charge in [0.2, 0.25) is 0 Å². The predicted molar refractivity (Wildman–Crippen MR) is 96.8 cm³/mol. The van der Waals surface area contributed by atoms with Gasteiger partial charge in [-0.2, -0.15) is 5.10 Å². The van der Waals surface area contributed by atoms with Crippen LogP contribution in [0.4, 0.5) is 11.4 Å². The van der Waals surface area contributed by atoms with Crippen molar-refractivity contribution in [1.29, 1.82) is 0 Å². The van der Waals surface area contributed by atoms with Crippen molar-refractivity contribution >= 4 is 40.5 Å². The fourth-order valence-corrected chi connectivity index (χ4v) is 2.71. The number of benzene rings is 2. The molecule has 132 valence electrons. The molecule has 10 heteroatoms. The number of non-ortho nitro benzene ring substituents is 1. The number of carbonyl (C=O) groups is 1. The van der Waals surface area contributed by atoms with Gasteiger partial charge in [0.05, 0.1) is 27.4 Å². The molecule has 0 saturated carbocycles. The van der Waals surface area contributed by atoms with E-state index in [1.807, 2.05) is 0 Å². The molecule has 0 radical (unpaired) electrons. The summed E-state index contributed by atoms with van der Waals surface area (Å²) < 4.78 is 0. The average molecular weight is 393 g/mol.